The van der Waals surface area contributed by atoms with Crippen molar-refractivity contribution in [2.45, 2.75) is 19.4 Å². The van der Waals surface area contributed by atoms with Gasteiger partial charge in [-0.2, -0.15) is 0 Å². The number of rotatable bonds is 2. The van der Waals surface area contributed by atoms with Crippen LogP contribution in [0.4, 0.5) is 4.39 Å². The normalized spacial score (nSPS) is 14.3. The van der Waals surface area contributed by atoms with Crippen LogP contribution >= 0.6 is 15.9 Å². The van der Waals surface area contributed by atoms with E-state index in [1.54, 1.807) is 13.0 Å². The van der Waals surface area contributed by atoms with E-state index in [1.165, 1.54) is 12.1 Å². The van der Waals surface area contributed by atoms with Gasteiger partial charge in [0, 0.05) is 4.47 Å². The third-order valence-corrected chi connectivity index (χ3v) is 3.60. The topological polar surface area (TPSA) is 20.2 Å². The third kappa shape index (κ3) is 2.47. The zero-order chi connectivity index (χ0) is 13.3. The Kier molecular flexibility index (Phi) is 3.55. The molecular weight excluding hydrogens is 295 g/mol. The van der Waals surface area contributed by atoms with Gasteiger partial charge in [-0.3, -0.25) is 0 Å². The lowest BCUT2D eigenvalue weighted by Gasteiger charge is -2.26. The van der Waals surface area contributed by atoms with Crippen LogP contribution in [0.2, 0.25) is 0 Å². The maximum atomic E-state index is 13.4. The van der Waals surface area contributed by atoms with E-state index < -0.39 is 5.60 Å². The molecule has 0 fully saturated rings. The Morgan fingerprint density at radius 2 is 1.89 bits per heavy atom. The molecule has 1 nitrogen and oxygen atoms in total. The molecule has 0 spiro atoms. The summed E-state index contributed by atoms with van der Waals surface area (Å²) in [5.41, 5.74) is 0.961. The number of hydrogen-bond donors (Lipinski definition) is 1. The molecular formula is C15H14BrFO. The summed E-state index contributed by atoms with van der Waals surface area (Å²) in [6.07, 6.45) is 0. The molecule has 0 aliphatic rings. The van der Waals surface area contributed by atoms with Crippen molar-refractivity contribution in [2.24, 2.45) is 0 Å². The quantitative estimate of drug-likeness (QED) is 0.883. The molecule has 0 radical (unpaired) electrons. The summed E-state index contributed by atoms with van der Waals surface area (Å²) < 4.78 is 14.2. The summed E-state index contributed by atoms with van der Waals surface area (Å²) in [7, 11) is 0. The van der Waals surface area contributed by atoms with E-state index >= 15 is 0 Å². The highest BCUT2D eigenvalue weighted by Crippen LogP contribution is 2.32. The molecule has 1 unspecified atom stereocenters. The molecule has 0 bridgehead atoms. The predicted molar refractivity (Wildman–Crippen MR) is 74.0 cm³/mol. The van der Waals surface area contributed by atoms with E-state index in [0.29, 0.717) is 5.56 Å². The van der Waals surface area contributed by atoms with E-state index in [2.05, 4.69) is 15.9 Å². The van der Waals surface area contributed by atoms with Crippen LogP contribution in [0.15, 0.2) is 46.9 Å². The van der Waals surface area contributed by atoms with E-state index in [-0.39, 0.29) is 5.82 Å². The Bertz CT molecular complexity index is 578. The first-order chi connectivity index (χ1) is 8.41. The molecule has 1 N–H and O–H groups in total. The van der Waals surface area contributed by atoms with Crippen LogP contribution in [0.1, 0.15) is 23.6 Å². The van der Waals surface area contributed by atoms with Crippen LogP contribution < -0.4 is 0 Å². The highest BCUT2D eigenvalue weighted by atomic mass is 79.9. The van der Waals surface area contributed by atoms with Gasteiger partial charge < -0.3 is 5.11 Å². The standard InChI is InChI=1S/C15H14BrFO/c1-10-6-7-13(17)9-14(10)15(2,18)11-4-3-5-12(16)8-11/h3-9,18H,1-2H3. The van der Waals surface area contributed by atoms with Crippen LogP contribution in [0.25, 0.3) is 0 Å². The second kappa shape index (κ2) is 4.82. The fourth-order valence-corrected chi connectivity index (χ4v) is 2.46. The summed E-state index contributed by atoms with van der Waals surface area (Å²) in [4.78, 5) is 0. The molecule has 3 heteroatoms. The minimum atomic E-state index is -1.21. The molecule has 0 aliphatic carbocycles. The lowest BCUT2D eigenvalue weighted by molar-refractivity contribution is 0.101. The van der Waals surface area contributed by atoms with Crippen molar-refractivity contribution in [1.82, 2.24) is 0 Å². The summed E-state index contributed by atoms with van der Waals surface area (Å²) in [6.45, 7) is 3.54. The van der Waals surface area contributed by atoms with Crippen molar-refractivity contribution in [3.8, 4) is 0 Å². The summed E-state index contributed by atoms with van der Waals surface area (Å²) in [5.74, 6) is -0.342. The predicted octanol–water partition coefficient (Wildman–Crippen LogP) is 4.15. The van der Waals surface area contributed by atoms with Gasteiger partial charge in [-0.05, 0) is 54.8 Å². The molecule has 0 amide bonds. The molecule has 0 saturated carbocycles. The summed E-state index contributed by atoms with van der Waals surface area (Å²) >= 11 is 3.37. The van der Waals surface area contributed by atoms with Gasteiger partial charge in [0.2, 0.25) is 0 Å². The van der Waals surface area contributed by atoms with Crippen molar-refractivity contribution in [3.05, 3.63) is 69.4 Å². The van der Waals surface area contributed by atoms with Crippen molar-refractivity contribution >= 4 is 15.9 Å². The monoisotopic (exact) mass is 308 g/mol. The largest absolute Gasteiger partial charge is 0.381 e. The third-order valence-electron chi connectivity index (χ3n) is 3.11. The molecule has 0 saturated heterocycles. The second-order valence-corrected chi connectivity index (χ2v) is 5.46. The molecule has 1 atom stereocenters. The number of aliphatic hydroxyl groups is 1. The highest BCUT2D eigenvalue weighted by Gasteiger charge is 2.27. The van der Waals surface area contributed by atoms with Gasteiger partial charge in [-0.1, -0.05) is 34.1 Å². The maximum absolute atomic E-state index is 13.4. The molecule has 94 valence electrons. The molecule has 0 aliphatic heterocycles. The molecule has 2 aromatic carbocycles. The Labute approximate surface area is 114 Å². The Hall–Kier alpha value is -1.19. The lowest BCUT2D eigenvalue weighted by atomic mass is 9.85. The van der Waals surface area contributed by atoms with Crippen LogP contribution in [0, 0.1) is 12.7 Å². The van der Waals surface area contributed by atoms with E-state index in [9.17, 15) is 9.50 Å². The van der Waals surface area contributed by atoms with Gasteiger partial charge in [0.05, 0.1) is 0 Å². The maximum Gasteiger partial charge on any atom is 0.123 e. The van der Waals surface area contributed by atoms with Gasteiger partial charge >= 0.3 is 0 Å². The Morgan fingerprint density at radius 1 is 1.17 bits per heavy atom. The summed E-state index contributed by atoms with van der Waals surface area (Å²) in [6, 6.07) is 11.9. The molecule has 0 heterocycles. The van der Waals surface area contributed by atoms with Crippen LogP contribution in [-0.4, -0.2) is 5.11 Å². The molecule has 18 heavy (non-hydrogen) atoms. The first kappa shape index (κ1) is 13.2. The van der Waals surface area contributed by atoms with Crippen molar-refractivity contribution < 1.29 is 9.50 Å². The molecule has 2 rings (SSSR count). The minimum Gasteiger partial charge on any atom is -0.381 e. The number of aryl methyl sites for hydroxylation is 1. The van der Waals surface area contributed by atoms with Gasteiger partial charge in [0.1, 0.15) is 11.4 Å². The Balaban J connectivity index is 2.57. The SMILES string of the molecule is Cc1ccc(F)cc1C(C)(O)c1cccc(Br)c1. The number of benzene rings is 2. The van der Waals surface area contributed by atoms with Crippen LogP contribution in [0.3, 0.4) is 0 Å². The molecule has 2 aromatic rings. The highest BCUT2D eigenvalue weighted by molar-refractivity contribution is 9.10. The van der Waals surface area contributed by atoms with Crippen molar-refractivity contribution in [3.63, 3.8) is 0 Å². The van der Waals surface area contributed by atoms with Gasteiger partial charge in [-0.25, -0.2) is 4.39 Å². The van der Waals surface area contributed by atoms with E-state index in [4.69, 9.17) is 0 Å². The molecule has 0 aromatic heterocycles. The average Bonchev–Trinajstić information content (AvgIpc) is 2.32. The van der Waals surface area contributed by atoms with E-state index in [0.717, 1.165) is 15.6 Å². The van der Waals surface area contributed by atoms with Crippen molar-refractivity contribution in [2.75, 3.05) is 0 Å². The number of halogens is 2. The second-order valence-electron chi connectivity index (χ2n) is 4.54. The smallest absolute Gasteiger partial charge is 0.123 e. The Morgan fingerprint density at radius 3 is 2.56 bits per heavy atom. The minimum absolute atomic E-state index is 0.342. The zero-order valence-corrected chi connectivity index (χ0v) is 11.8. The number of hydrogen-bond acceptors (Lipinski definition) is 1. The van der Waals surface area contributed by atoms with Crippen molar-refractivity contribution in [1.29, 1.82) is 0 Å². The fraction of sp³-hybridized carbons (Fsp3) is 0.200. The first-order valence-corrected chi connectivity index (χ1v) is 6.45. The van der Waals surface area contributed by atoms with E-state index in [1.807, 2.05) is 31.2 Å². The van der Waals surface area contributed by atoms with Gasteiger partial charge in [0.25, 0.3) is 0 Å². The fourth-order valence-electron chi connectivity index (χ4n) is 2.07. The summed E-state index contributed by atoms with van der Waals surface area (Å²) in [5, 5.41) is 10.7. The van der Waals surface area contributed by atoms with Crippen LogP contribution in [0.5, 0.6) is 0 Å². The van der Waals surface area contributed by atoms with Gasteiger partial charge in [-0.15, -0.1) is 0 Å². The first-order valence-electron chi connectivity index (χ1n) is 5.66. The van der Waals surface area contributed by atoms with Gasteiger partial charge in [0.15, 0.2) is 0 Å². The lowest BCUT2D eigenvalue weighted by Crippen LogP contribution is -2.24. The average molecular weight is 309 g/mol. The van der Waals surface area contributed by atoms with Crippen LogP contribution in [-0.2, 0) is 5.60 Å². The zero-order valence-electron chi connectivity index (χ0n) is 10.2.